The second-order valence-corrected chi connectivity index (χ2v) is 5.72. The average molecular weight is 327 g/mol. The third-order valence-electron chi connectivity index (χ3n) is 4.15. The topological polar surface area (TPSA) is 75.6 Å². The number of hydrogen-bond acceptors (Lipinski definition) is 3. The van der Waals surface area contributed by atoms with Gasteiger partial charge in [0.25, 0.3) is 5.91 Å². The van der Waals surface area contributed by atoms with Crippen LogP contribution in [0.3, 0.4) is 0 Å². The van der Waals surface area contributed by atoms with Crippen LogP contribution in [0.15, 0.2) is 36.4 Å². The van der Waals surface area contributed by atoms with E-state index < -0.39 is 17.9 Å². The van der Waals surface area contributed by atoms with E-state index >= 15 is 0 Å². The van der Waals surface area contributed by atoms with Crippen molar-refractivity contribution in [1.82, 2.24) is 5.32 Å². The number of carbonyl (C=O) groups excluding carboxylic acids is 1. The fraction of sp³-hybridized carbons (Fsp3) is 0.263. The van der Waals surface area contributed by atoms with Gasteiger partial charge in [-0.25, -0.2) is 4.79 Å². The smallest absolute Gasteiger partial charge is 0.330 e. The first-order valence-corrected chi connectivity index (χ1v) is 7.59. The standard InChI is InChI=1S/C19H21NO4/c1-11-6-5-7-15(13(11)3)17(19(22)23)20-18(21)14-9-8-12(2)16(10-14)24-4/h5-10,17H,1-4H3,(H,20,21)(H,22,23). The van der Waals surface area contributed by atoms with E-state index in [0.717, 1.165) is 16.7 Å². The fourth-order valence-corrected chi connectivity index (χ4v) is 2.53. The van der Waals surface area contributed by atoms with Crippen molar-refractivity contribution in [1.29, 1.82) is 0 Å². The minimum atomic E-state index is -1.11. The van der Waals surface area contributed by atoms with Gasteiger partial charge in [-0.15, -0.1) is 0 Å². The Labute approximate surface area is 141 Å². The highest BCUT2D eigenvalue weighted by Crippen LogP contribution is 2.23. The summed E-state index contributed by atoms with van der Waals surface area (Å²) >= 11 is 0. The normalized spacial score (nSPS) is 11.7. The lowest BCUT2D eigenvalue weighted by atomic mass is 9.97. The monoisotopic (exact) mass is 327 g/mol. The number of carbonyl (C=O) groups is 2. The molecule has 0 heterocycles. The number of aliphatic carboxylic acids is 1. The second kappa shape index (κ2) is 7.17. The van der Waals surface area contributed by atoms with E-state index in [1.165, 1.54) is 7.11 Å². The van der Waals surface area contributed by atoms with Crippen molar-refractivity contribution in [2.45, 2.75) is 26.8 Å². The summed E-state index contributed by atoms with van der Waals surface area (Å²) in [5.41, 5.74) is 3.67. The van der Waals surface area contributed by atoms with Gasteiger partial charge in [0.15, 0.2) is 6.04 Å². The van der Waals surface area contributed by atoms with Gasteiger partial charge in [0.05, 0.1) is 7.11 Å². The van der Waals surface area contributed by atoms with E-state index in [0.29, 0.717) is 16.9 Å². The molecule has 0 saturated carbocycles. The Morgan fingerprint density at radius 3 is 2.42 bits per heavy atom. The van der Waals surface area contributed by atoms with E-state index in [1.54, 1.807) is 30.3 Å². The molecule has 2 rings (SSSR count). The number of amides is 1. The first-order chi connectivity index (χ1) is 11.3. The molecule has 1 atom stereocenters. The zero-order valence-corrected chi connectivity index (χ0v) is 14.2. The number of rotatable bonds is 5. The van der Waals surface area contributed by atoms with Crippen LogP contribution in [0.5, 0.6) is 5.75 Å². The molecular weight excluding hydrogens is 306 g/mol. The average Bonchev–Trinajstić information content (AvgIpc) is 2.55. The van der Waals surface area contributed by atoms with Gasteiger partial charge in [0.2, 0.25) is 0 Å². The highest BCUT2D eigenvalue weighted by molar-refractivity contribution is 5.97. The lowest BCUT2D eigenvalue weighted by Gasteiger charge is -2.18. The van der Waals surface area contributed by atoms with Gasteiger partial charge < -0.3 is 15.2 Å². The molecule has 0 bridgehead atoms. The van der Waals surface area contributed by atoms with Crippen LogP contribution < -0.4 is 10.1 Å². The molecule has 0 aliphatic heterocycles. The Hall–Kier alpha value is -2.82. The zero-order valence-electron chi connectivity index (χ0n) is 14.2. The molecule has 2 aromatic carbocycles. The fourth-order valence-electron chi connectivity index (χ4n) is 2.53. The molecule has 0 aromatic heterocycles. The van der Waals surface area contributed by atoms with Crippen LogP contribution in [-0.2, 0) is 4.79 Å². The van der Waals surface area contributed by atoms with Gasteiger partial charge in [0.1, 0.15) is 5.75 Å². The van der Waals surface area contributed by atoms with Crippen LogP contribution in [0.4, 0.5) is 0 Å². The minimum absolute atomic E-state index is 0.356. The Morgan fingerprint density at radius 2 is 1.79 bits per heavy atom. The number of benzene rings is 2. The van der Waals surface area contributed by atoms with Crippen molar-refractivity contribution in [3.8, 4) is 5.75 Å². The van der Waals surface area contributed by atoms with Gasteiger partial charge in [-0.05, 0) is 55.2 Å². The summed E-state index contributed by atoms with van der Waals surface area (Å²) in [6.45, 7) is 5.63. The molecule has 0 fully saturated rings. The Balaban J connectivity index is 2.33. The predicted octanol–water partition coefficient (Wildman–Crippen LogP) is 3.18. The lowest BCUT2D eigenvalue weighted by molar-refractivity contribution is -0.139. The van der Waals surface area contributed by atoms with Crippen LogP contribution in [0.2, 0.25) is 0 Å². The number of methoxy groups -OCH3 is 1. The van der Waals surface area contributed by atoms with Crippen LogP contribution >= 0.6 is 0 Å². The Bertz CT molecular complexity index is 783. The molecule has 2 aromatic rings. The number of hydrogen-bond donors (Lipinski definition) is 2. The molecule has 5 nitrogen and oxygen atoms in total. The maximum atomic E-state index is 12.5. The van der Waals surface area contributed by atoms with Gasteiger partial charge in [0, 0.05) is 5.56 Å². The van der Waals surface area contributed by atoms with Crippen LogP contribution in [0.25, 0.3) is 0 Å². The van der Waals surface area contributed by atoms with Gasteiger partial charge >= 0.3 is 5.97 Å². The molecule has 1 unspecified atom stereocenters. The highest BCUT2D eigenvalue weighted by Gasteiger charge is 2.24. The van der Waals surface area contributed by atoms with Crippen molar-refractivity contribution >= 4 is 11.9 Å². The second-order valence-electron chi connectivity index (χ2n) is 5.72. The lowest BCUT2D eigenvalue weighted by Crippen LogP contribution is -2.34. The van der Waals surface area contributed by atoms with Crippen LogP contribution in [-0.4, -0.2) is 24.1 Å². The van der Waals surface area contributed by atoms with Crippen molar-refractivity contribution in [2.75, 3.05) is 7.11 Å². The van der Waals surface area contributed by atoms with Crippen molar-refractivity contribution < 1.29 is 19.4 Å². The molecule has 5 heteroatoms. The molecule has 0 spiro atoms. The number of carboxylic acids is 1. The summed E-state index contributed by atoms with van der Waals surface area (Å²) < 4.78 is 5.21. The summed E-state index contributed by atoms with van der Waals surface area (Å²) in [6.07, 6.45) is 0. The summed E-state index contributed by atoms with van der Waals surface area (Å²) in [4.78, 5) is 24.1. The molecule has 126 valence electrons. The van der Waals surface area contributed by atoms with E-state index in [2.05, 4.69) is 5.32 Å². The number of aryl methyl sites for hydroxylation is 2. The van der Waals surface area contributed by atoms with Crippen molar-refractivity contribution in [3.05, 3.63) is 64.2 Å². The first-order valence-electron chi connectivity index (χ1n) is 7.59. The summed E-state index contributed by atoms with van der Waals surface area (Å²) in [5.74, 6) is -0.973. The van der Waals surface area contributed by atoms with E-state index in [-0.39, 0.29) is 0 Å². The number of carboxylic acid groups (broad SMARTS) is 1. The maximum absolute atomic E-state index is 12.5. The molecule has 24 heavy (non-hydrogen) atoms. The number of nitrogens with one attached hydrogen (secondary N) is 1. The van der Waals surface area contributed by atoms with Gasteiger partial charge in [-0.3, -0.25) is 4.79 Å². The van der Waals surface area contributed by atoms with Crippen molar-refractivity contribution in [3.63, 3.8) is 0 Å². The van der Waals surface area contributed by atoms with Crippen LogP contribution in [0, 0.1) is 20.8 Å². The SMILES string of the molecule is COc1cc(C(=O)NC(C(=O)O)c2cccc(C)c2C)ccc1C. The molecule has 0 aliphatic rings. The molecular formula is C19H21NO4. The van der Waals surface area contributed by atoms with E-state index in [9.17, 15) is 14.7 Å². The summed E-state index contributed by atoms with van der Waals surface area (Å²) in [7, 11) is 1.53. The Kier molecular flexibility index (Phi) is 5.24. The Morgan fingerprint density at radius 1 is 1.08 bits per heavy atom. The summed E-state index contributed by atoms with van der Waals surface area (Å²) in [5, 5.41) is 12.1. The van der Waals surface area contributed by atoms with Gasteiger partial charge in [-0.2, -0.15) is 0 Å². The van der Waals surface area contributed by atoms with Crippen LogP contribution in [0.1, 0.15) is 38.7 Å². The number of ether oxygens (including phenoxy) is 1. The summed E-state index contributed by atoms with van der Waals surface area (Å²) in [6, 6.07) is 9.32. The molecule has 0 saturated heterocycles. The molecule has 0 radical (unpaired) electrons. The molecule has 1 amide bonds. The molecule has 0 aliphatic carbocycles. The third kappa shape index (κ3) is 3.56. The third-order valence-corrected chi connectivity index (χ3v) is 4.15. The van der Waals surface area contributed by atoms with E-state index in [1.807, 2.05) is 26.8 Å². The largest absolute Gasteiger partial charge is 0.496 e. The maximum Gasteiger partial charge on any atom is 0.330 e. The zero-order chi connectivity index (χ0) is 17.9. The van der Waals surface area contributed by atoms with E-state index in [4.69, 9.17) is 4.74 Å². The molecule has 2 N–H and O–H groups in total. The van der Waals surface area contributed by atoms with Crippen molar-refractivity contribution in [2.24, 2.45) is 0 Å². The first kappa shape index (κ1) is 17.5. The highest BCUT2D eigenvalue weighted by atomic mass is 16.5. The quantitative estimate of drug-likeness (QED) is 0.884. The van der Waals surface area contributed by atoms with Gasteiger partial charge in [-0.1, -0.05) is 24.3 Å². The predicted molar refractivity (Wildman–Crippen MR) is 91.5 cm³/mol. The minimum Gasteiger partial charge on any atom is -0.496 e.